The predicted molar refractivity (Wildman–Crippen MR) is 99.1 cm³/mol. The molecule has 3 aromatic rings. The second-order valence-electron chi connectivity index (χ2n) is 5.72. The lowest BCUT2D eigenvalue weighted by molar-refractivity contribution is -0.385. The van der Waals surface area contributed by atoms with Crippen molar-refractivity contribution in [1.29, 1.82) is 0 Å². The minimum Gasteiger partial charge on any atom is -0.494 e. The molecular weight excluding hydrogens is 354 g/mol. The number of fused-ring (bicyclic) bond motifs is 1. The first-order chi connectivity index (χ1) is 12.4. The van der Waals surface area contributed by atoms with E-state index >= 15 is 0 Å². The lowest BCUT2D eigenvalue weighted by atomic mass is 10.1. The van der Waals surface area contributed by atoms with Gasteiger partial charge in [-0.15, -0.1) is 0 Å². The molecule has 0 aliphatic carbocycles. The Hall–Kier alpha value is -2.93. The van der Waals surface area contributed by atoms with Gasteiger partial charge in [-0.25, -0.2) is 8.42 Å². The average molecular weight is 371 g/mol. The van der Waals surface area contributed by atoms with Crippen LogP contribution in [-0.4, -0.2) is 19.9 Å². The van der Waals surface area contributed by atoms with Gasteiger partial charge >= 0.3 is 0 Å². The number of nitrogens with zero attached hydrogens (tertiary/aromatic N) is 1. The molecule has 0 radical (unpaired) electrons. The number of nitro benzene ring substituents is 1. The summed E-state index contributed by atoms with van der Waals surface area (Å²) in [4.78, 5) is 10.9. The molecule has 0 spiro atoms. The van der Waals surface area contributed by atoms with E-state index in [2.05, 4.69) is 0 Å². The molecular formula is C19H17NO5S. The van der Waals surface area contributed by atoms with Gasteiger partial charge in [0.05, 0.1) is 22.2 Å². The second-order valence-corrected chi connectivity index (χ2v) is 7.68. The summed E-state index contributed by atoms with van der Waals surface area (Å²) in [6, 6.07) is 16.3. The van der Waals surface area contributed by atoms with Crippen LogP contribution in [0.1, 0.15) is 12.5 Å². The first-order valence-corrected chi connectivity index (χ1v) is 9.68. The zero-order valence-corrected chi connectivity index (χ0v) is 14.9. The number of hydrogen-bond acceptors (Lipinski definition) is 5. The smallest absolute Gasteiger partial charge is 0.273 e. The Morgan fingerprint density at radius 3 is 2.50 bits per heavy atom. The topological polar surface area (TPSA) is 86.5 Å². The second kappa shape index (κ2) is 7.13. The summed E-state index contributed by atoms with van der Waals surface area (Å²) in [5.74, 6) is -0.0701. The zero-order chi connectivity index (χ0) is 18.7. The highest BCUT2D eigenvalue weighted by Crippen LogP contribution is 2.30. The van der Waals surface area contributed by atoms with Gasteiger partial charge < -0.3 is 4.74 Å². The molecule has 0 atom stereocenters. The van der Waals surface area contributed by atoms with Crippen molar-refractivity contribution in [2.45, 2.75) is 17.6 Å². The van der Waals surface area contributed by atoms with E-state index in [1.807, 2.05) is 18.2 Å². The molecule has 26 heavy (non-hydrogen) atoms. The van der Waals surface area contributed by atoms with Gasteiger partial charge in [-0.2, -0.15) is 0 Å². The van der Waals surface area contributed by atoms with Crippen molar-refractivity contribution in [3.8, 4) is 5.75 Å². The SMILES string of the molecule is CCOc1ccc([N+](=O)[O-])c(CS(=O)(=O)c2cccc3ccccc23)c1. The molecule has 0 aliphatic heterocycles. The Labute approximate surface area is 151 Å². The minimum absolute atomic E-state index is 0.105. The van der Waals surface area contributed by atoms with Crippen LogP contribution in [0.4, 0.5) is 5.69 Å². The average Bonchev–Trinajstić information content (AvgIpc) is 2.61. The summed E-state index contributed by atoms with van der Waals surface area (Å²) < 4.78 is 31.3. The van der Waals surface area contributed by atoms with Crippen molar-refractivity contribution in [2.24, 2.45) is 0 Å². The zero-order valence-electron chi connectivity index (χ0n) is 14.1. The maximum atomic E-state index is 13.0. The Morgan fingerprint density at radius 1 is 1.04 bits per heavy atom. The molecule has 0 N–H and O–H groups in total. The van der Waals surface area contributed by atoms with E-state index in [4.69, 9.17) is 4.74 Å². The highest BCUT2D eigenvalue weighted by molar-refractivity contribution is 7.90. The fraction of sp³-hybridized carbons (Fsp3) is 0.158. The third-order valence-corrected chi connectivity index (χ3v) is 5.71. The molecule has 0 heterocycles. The molecule has 0 aliphatic rings. The maximum absolute atomic E-state index is 13.0. The van der Waals surface area contributed by atoms with Crippen LogP contribution in [0, 0.1) is 10.1 Å². The first kappa shape index (κ1) is 17.9. The number of ether oxygens (including phenoxy) is 1. The number of benzene rings is 3. The van der Waals surface area contributed by atoms with Gasteiger partial charge in [-0.1, -0.05) is 36.4 Å². The molecule has 3 aromatic carbocycles. The van der Waals surface area contributed by atoms with Crippen molar-refractivity contribution in [3.63, 3.8) is 0 Å². The fourth-order valence-electron chi connectivity index (χ4n) is 2.86. The lowest BCUT2D eigenvalue weighted by Crippen LogP contribution is -2.08. The molecule has 6 nitrogen and oxygen atoms in total. The summed E-state index contributed by atoms with van der Waals surface area (Å²) in [5, 5.41) is 12.7. The summed E-state index contributed by atoms with van der Waals surface area (Å²) in [7, 11) is -3.79. The van der Waals surface area contributed by atoms with E-state index < -0.39 is 20.5 Å². The monoisotopic (exact) mass is 371 g/mol. The van der Waals surface area contributed by atoms with Gasteiger partial charge in [0.1, 0.15) is 5.75 Å². The van der Waals surface area contributed by atoms with Crippen LogP contribution in [0.2, 0.25) is 0 Å². The van der Waals surface area contributed by atoms with E-state index in [0.717, 1.165) is 5.39 Å². The lowest BCUT2D eigenvalue weighted by Gasteiger charge is -2.10. The highest BCUT2D eigenvalue weighted by Gasteiger charge is 2.24. The van der Waals surface area contributed by atoms with Gasteiger partial charge in [-0.3, -0.25) is 10.1 Å². The predicted octanol–water partition coefficient (Wildman–Crippen LogP) is 4.12. The third-order valence-electron chi connectivity index (χ3n) is 3.99. The minimum atomic E-state index is -3.79. The fourth-order valence-corrected chi connectivity index (χ4v) is 4.46. The summed E-state index contributed by atoms with van der Waals surface area (Å²) in [5.41, 5.74) is -0.133. The van der Waals surface area contributed by atoms with E-state index in [9.17, 15) is 18.5 Å². The van der Waals surface area contributed by atoms with Crippen LogP contribution in [0.5, 0.6) is 5.75 Å². The van der Waals surface area contributed by atoms with Crippen LogP contribution in [0.25, 0.3) is 10.8 Å². The molecule has 0 fully saturated rings. The molecule has 7 heteroatoms. The van der Waals surface area contributed by atoms with E-state index in [0.29, 0.717) is 17.7 Å². The molecule has 0 bridgehead atoms. The summed E-state index contributed by atoms with van der Waals surface area (Å²) in [6.07, 6.45) is 0. The van der Waals surface area contributed by atoms with Crippen molar-refractivity contribution >= 4 is 26.3 Å². The molecule has 134 valence electrons. The molecule has 0 amide bonds. The van der Waals surface area contributed by atoms with Gasteiger partial charge in [-0.05, 0) is 30.5 Å². The number of sulfone groups is 1. The van der Waals surface area contributed by atoms with Crippen molar-refractivity contribution in [1.82, 2.24) is 0 Å². The third kappa shape index (κ3) is 3.52. The van der Waals surface area contributed by atoms with Gasteiger partial charge in [0.15, 0.2) is 9.84 Å². The Balaban J connectivity index is 2.09. The largest absolute Gasteiger partial charge is 0.494 e. The van der Waals surface area contributed by atoms with Crippen LogP contribution in [0.15, 0.2) is 65.6 Å². The van der Waals surface area contributed by atoms with Crippen LogP contribution >= 0.6 is 0 Å². The van der Waals surface area contributed by atoms with Gasteiger partial charge in [0, 0.05) is 17.0 Å². The molecule has 0 aromatic heterocycles. The Kier molecular flexibility index (Phi) is 4.90. The van der Waals surface area contributed by atoms with Crippen LogP contribution in [0.3, 0.4) is 0 Å². The summed E-state index contributed by atoms with van der Waals surface area (Å²) in [6.45, 7) is 2.17. The number of rotatable bonds is 6. The van der Waals surface area contributed by atoms with Crippen molar-refractivity contribution in [3.05, 3.63) is 76.3 Å². The van der Waals surface area contributed by atoms with Crippen LogP contribution < -0.4 is 4.74 Å². The molecule has 0 saturated carbocycles. The quantitative estimate of drug-likeness (QED) is 0.480. The molecule has 0 unspecified atom stereocenters. The van der Waals surface area contributed by atoms with Crippen LogP contribution in [-0.2, 0) is 15.6 Å². The van der Waals surface area contributed by atoms with Gasteiger partial charge in [0.2, 0.25) is 0 Å². The van der Waals surface area contributed by atoms with Crippen molar-refractivity contribution in [2.75, 3.05) is 6.61 Å². The summed E-state index contributed by atoms with van der Waals surface area (Å²) >= 11 is 0. The first-order valence-electron chi connectivity index (χ1n) is 8.03. The highest BCUT2D eigenvalue weighted by atomic mass is 32.2. The maximum Gasteiger partial charge on any atom is 0.273 e. The normalized spacial score (nSPS) is 11.4. The Bertz CT molecular complexity index is 1070. The molecule has 3 rings (SSSR count). The number of hydrogen-bond donors (Lipinski definition) is 0. The van der Waals surface area contributed by atoms with Crippen molar-refractivity contribution < 1.29 is 18.1 Å². The van der Waals surface area contributed by atoms with E-state index in [1.165, 1.54) is 24.3 Å². The number of nitro groups is 1. The van der Waals surface area contributed by atoms with E-state index in [1.54, 1.807) is 25.1 Å². The Morgan fingerprint density at radius 2 is 1.77 bits per heavy atom. The van der Waals surface area contributed by atoms with E-state index in [-0.39, 0.29) is 16.1 Å². The molecule has 0 saturated heterocycles. The standard InChI is InChI=1S/C19H17NO5S/c1-2-25-16-10-11-18(20(21)22)15(12-16)13-26(23,24)19-9-5-7-14-6-3-4-8-17(14)19/h3-12H,2,13H2,1H3. The van der Waals surface area contributed by atoms with Gasteiger partial charge in [0.25, 0.3) is 5.69 Å².